The smallest absolute Gasteiger partial charge is 0.425 e. The number of hydrazine groups is 1. The van der Waals surface area contributed by atoms with Crippen LogP contribution in [0.4, 0.5) is 4.79 Å². The second kappa shape index (κ2) is 16.6. The number of ether oxygens (including phenoxy) is 5. The van der Waals surface area contributed by atoms with Gasteiger partial charge in [-0.15, -0.1) is 0 Å². The van der Waals surface area contributed by atoms with Crippen molar-refractivity contribution in [3.63, 3.8) is 0 Å². The molecule has 4 aliphatic heterocycles. The molecule has 15 nitrogen and oxygen atoms in total. The van der Waals surface area contributed by atoms with Gasteiger partial charge in [0.1, 0.15) is 29.9 Å². The van der Waals surface area contributed by atoms with Gasteiger partial charge in [-0.2, -0.15) is 9.75 Å². The average molecular weight is 763 g/mol. The van der Waals surface area contributed by atoms with Crippen LogP contribution in [0.2, 0.25) is 0 Å². The van der Waals surface area contributed by atoms with Crippen LogP contribution in [0.1, 0.15) is 86.8 Å². The molecule has 0 aromatic carbocycles. The molecule has 2 bridgehead atoms. The third kappa shape index (κ3) is 7.94. The number of ketones is 1. The highest BCUT2D eigenvalue weighted by Crippen LogP contribution is 2.44. The number of amides is 1. The molecule has 304 valence electrons. The second-order valence-corrected chi connectivity index (χ2v) is 16.5. The Labute approximate surface area is 319 Å². The first-order valence-electron chi connectivity index (χ1n) is 19.4. The lowest BCUT2D eigenvalue weighted by Crippen LogP contribution is -2.61. The Bertz CT molecular complexity index is 1520. The first-order valence-corrected chi connectivity index (χ1v) is 19.4. The van der Waals surface area contributed by atoms with E-state index in [1.807, 2.05) is 65.7 Å². The van der Waals surface area contributed by atoms with Crippen LogP contribution in [0, 0.1) is 28.9 Å². The van der Waals surface area contributed by atoms with Crippen molar-refractivity contribution in [1.29, 1.82) is 0 Å². The molecule has 15 heteroatoms. The summed E-state index contributed by atoms with van der Waals surface area (Å²) in [6.45, 7) is 14.5. The summed E-state index contributed by atoms with van der Waals surface area (Å²) in [5.74, 6) is -3.61. The van der Waals surface area contributed by atoms with Crippen LogP contribution in [0.25, 0.3) is 0 Å². The first-order chi connectivity index (χ1) is 25.4. The zero-order valence-electron chi connectivity index (χ0n) is 33.9. The normalized spacial score (nSPS) is 40.1. The molecule has 54 heavy (non-hydrogen) atoms. The van der Waals surface area contributed by atoms with E-state index >= 15 is 0 Å². The monoisotopic (exact) mass is 762 g/mol. The molecule has 5 rings (SSSR count). The van der Waals surface area contributed by atoms with Crippen LogP contribution in [0.3, 0.4) is 0 Å². The quantitative estimate of drug-likeness (QED) is 0.166. The number of hydrogen-bond acceptors (Lipinski definition) is 13. The Morgan fingerprint density at radius 3 is 2.43 bits per heavy atom. The Hall–Kier alpha value is -3.08. The zero-order chi connectivity index (χ0) is 39.9. The van der Waals surface area contributed by atoms with Crippen molar-refractivity contribution in [3.8, 4) is 0 Å². The predicted molar refractivity (Wildman–Crippen MR) is 197 cm³/mol. The van der Waals surface area contributed by atoms with Gasteiger partial charge in [0.2, 0.25) is 6.67 Å². The minimum absolute atomic E-state index is 0.151. The molecule has 1 amide bonds. The number of carbonyl (C=O) groups is 3. The number of esters is 1. The summed E-state index contributed by atoms with van der Waals surface area (Å²) in [5, 5.41) is 29.2. The molecule has 1 aromatic rings. The van der Waals surface area contributed by atoms with E-state index in [2.05, 4.69) is 0 Å². The predicted octanol–water partition coefficient (Wildman–Crippen LogP) is 3.99. The number of likely N-dealkylation sites (N-methyl/N-ethyl adjacent to an activating group) is 1. The topological polar surface area (TPSA) is 167 Å². The molecule has 0 saturated carbocycles. The minimum atomic E-state index is -1.38. The fourth-order valence-corrected chi connectivity index (χ4v) is 9.48. The van der Waals surface area contributed by atoms with Gasteiger partial charge >= 0.3 is 12.1 Å². The van der Waals surface area contributed by atoms with E-state index in [0.29, 0.717) is 31.5 Å². The second-order valence-electron chi connectivity index (χ2n) is 16.5. The molecule has 1 N–H and O–H groups in total. The van der Waals surface area contributed by atoms with E-state index in [4.69, 9.17) is 28.1 Å². The maximum atomic E-state index is 14.5. The molecule has 0 unspecified atom stereocenters. The molecule has 13 atom stereocenters. The number of hydrogen-bond donors (Lipinski definition) is 1. The highest BCUT2D eigenvalue weighted by molar-refractivity contribution is 6.00. The molecule has 0 radical (unpaired) electrons. The molecule has 1 aromatic heterocycles. The lowest BCUT2D eigenvalue weighted by Gasteiger charge is -2.47. The minimum Gasteiger partial charge on any atom is -0.623 e. The van der Waals surface area contributed by atoms with Gasteiger partial charge in [0.25, 0.3) is 0 Å². The van der Waals surface area contributed by atoms with Crippen LogP contribution < -0.4 is 0 Å². The van der Waals surface area contributed by atoms with Crippen molar-refractivity contribution >= 4 is 23.6 Å². The molecule has 3 fully saturated rings. The number of aliphatic hydroxyl groups is 1. The van der Waals surface area contributed by atoms with Crippen LogP contribution in [-0.2, 0) is 39.7 Å². The number of Topliss-reactive ketones (excluding diaryl/α,β-unsaturated/α-hetero) is 1. The summed E-state index contributed by atoms with van der Waals surface area (Å²) >= 11 is 0. The average Bonchev–Trinajstić information content (AvgIpc) is 3.70. The zero-order valence-corrected chi connectivity index (χ0v) is 33.9. The van der Waals surface area contributed by atoms with Crippen molar-refractivity contribution in [1.82, 2.24) is 14.9 Å². The Kier molecular flexibility index (Phi) is 12.9. The number of carbonyl (C=O) groups excluding carboxylic acids is 3. The number of nitrogens with zero attached hydrogens (tertiary/aromatic N) is 4. The molecule has 4 aliphatic rings. The molecular formula is C39H62N4O11. The van der Waals surface area contributed by atoms with E-state index < -0.39 is 83.4 Å². The number of cyclic esters (lactones) is 1. The van der Waals surface area contributed by atoms with Gasteiger partial charge in [-0.05, 0) is 79.6 Å². The van der Waals surface area contributed by atoms with E-state index in [0.717, 1.165) is 10.5 Å². The molecule has 5 heterocycles. The van der Waals surface area contributed by atoms with Crippen molar-refractivity contribution < 1.29 is 52.3 Å². The maximum absolute atomic E-state index is 14.5. The lowest BCUT2D eigenvalue weighted by atomic mass is 9.73. The molecule has 0 spiro atoms. The third-order valence-electron chi connectivity index (χ3n) is 12.4. The number of rotatable bonds is 9. The highest BCUT2D eigenvalue weighted by atomic mass is 16.7. The summed E-state index contributed by atoms with van der Waals surface area (Å²) < 4.78 is 38.0. The Morgan fingerprint density at radius 2 is 1.81 bits per heavy atom. The molecule has 0 aliphatic carbocycles. The van der Waals surface area contributed by atoms with E-state index in [-0.39, 0.29) is 31.7 Å². The van der Waals surface area contributed by atoms with Crippen LogP contribution >= 0.6 is 0 Å². The van der Waals surface area contributed by atoms with Gasteiger partial charge in [0.15, 0.2) is 23.4 Å². The van der Waals surface area contributed by atoms with Gasteiger partial charge in [0, 0.05) is 38.0 Å². The summed E-state index contributed by atoms with van der Waals surface area (Å²) in [6.07, 6.45) is -1.16. The van der Waals surface area contributed by atoms with Gasteiger partial charge < -0.3 is 43.3 Å². The molecule has 3 saturated heterocycles. The number of fused-ring (bicyclic) bond motifs is 1. The number of hydroxylamine groups is 1. The summed E-state index contributed by atoms with van der Waals surface area (Å²) in [5.41, 5.74) is -2.11. The van der Waals surface area contributed by atoms with Gasteiger partial charge in [-0.1, -0.05) is 27.7 Å². The van der Waals surface area contributed by atoms with Crippen molar-refractivity contribution in [2.75, 3.05) is 34.4 Å². The number of furan rings is 1. The fraction of sp³-hybridized carbons (Fsp3) is 0.795. The van der Waals surface area contributed by atoms with Crippen LogP contribution in [0.5, 0.6) is 0 Å². The van der Waals surface area contributed by atoms with Crippen molar-refractivity contribution in [2.45, 2.75) is 141 Å². The molecular weight excluding hydrogens is 700 g/mol. The van der Waals surface area contributed by atoms with Crippen molar-refractivity contribution in [3.05, 3.63) is 29.4 Å². The lowest BCUT2D eigenvalue weighted by molar-refractivity contribution is -0.494. The summed E-state index contributed by atoms with van der Waals surface area (Å²) in [4.78, 5) is 44.2. The fourth-order valence-electron chi connectivity index (χ4n) is 9.48. The SMILES string of the molecule is CC[C@@H]1OC(=O)[C@H](C)C(=O)[C@H](C)[C@@H](O[C@@H]2O[C@H](C)C[C@H](N(C)C)[C@H]2O)[C@@](C)(OC)C[C@@H](C)C2=[N+]([O-])CN(CCCc3ccco3)N3C(=O)O[C@@]1(C)[C@H]3[C@@H]2C. The van der Waals surface area contributed by atoms with Gasteiger partial charge in [0.05, 0.1) is 30.0 Å². The van der Waals surface area contributed by atoms with E-state index in [9.17, 15) is 24.7 Å². The number of aliphatic hydroxyl groups excluding tert-OH is 1. The summed E-state index contributed by atoms with van der Waals surface area (Å²) in [6, 6.07) is 2.68. The Balaban J connectivity index is 1.60. The van der Waals surface area contributed by atoms with Crippen LogP contribution in [-0.4, -0.2) is 137 Å². The van der Waals surface area contributed by atoms with Gasteiger partial charge in [-0.3, -0.25) is 9.59 Å². The highest BCUT2D eigenvalue weighted by Gasteiger charge is 2.63. The van der Waals surface area contributed by atoms with Crippen molar-refractivity contribution in [2.24, 2.45) is 23.7 Å². The number of aryl methyl sites for hydroxylation is 1. The largest absolute Gasteiger partial charge is 0.623 e. The standard InChI is InChI=1S/C39H62N4O11/c1-12-29-39(8)33-24(4)30(42(48)21-41(43(33)37(47)54-39)17-13-15-27-16-14-18-50-27)22(2)20-38(7,49-11)34(25(5)31(44)26(6)35(46)52-29)53-36-32(45)28(40(9)10)19-23(3)51-36/h14,16,18,22-26,28-29,32-34,36,45H,12-13,15,17,19-21H2,1-11H3/t22-,23-,24-,25+,26-,28+,29+,32-,33-,34-,36+,38+,39-/m1/s1. The third-order valence-corrected chi connectivity index (χ3v) is 12.4. The van der Waals surface area contributed by atoms with E-state index in [1.54, 1.807) is 25.1 Å². The Morgan fingerprint density at radius 1 is 1.11 bits per heavy atom. The summed E-state index contributed by atoms with van der Waals surface area (Å²) in [7, 11) is 5.28. The van der Waals surface area contributed by atoms with E-state index in [1.165, 1.54) is 19.0 Å². The maximum Gasteiger partial charge on any atom is 0.425 e. The van der Waals surface area contributed by atoms with Crippen LogP contribution in [0.15, 0.2) is 22.8 Å². The van der Waals surface area contributed by atoms with Gasteiger partial charge in [-0.25, -0.2) is 9.80 Å². The number of methoxy groups -OCH3 is 1. The first kappa shape index (κ1) is 42.1.